The average molecular weight is 236 g/mol. The van der Waals surface area contributed by atoms with Crippen molar-refractivity contribution in [3.63, 3.8) is 0 Å². The van der Waals surface area contributed by atoms with Crippen molar-refractivity contribution < 1.29 is 10.2 Å². The minimum Gasteiger partial charge on any atom is -0.396 e. The van der Waals surface area contributed by atoms with E-state index in [4.69, 9.17) is 0 Å². The number of hydrogen-bond donors (Lipinski definition) is 2. The maximum atomic E-state index is 9.22. The molecule has 1 aliphatic heterocycles. The van der Waals surface area contributed by atoms with E-state index in [9.17, 15) is 10.2 Å². The van der Waals surface area contributed by atoms with Crippen molar-refractivity contribution in [2.45, 2.75) is 26.4 Å². The molecule has 2 rings (SSSR count). The highest BCUT2D eigenvalue weighted by atomic mass is 16.3. The van der Waals surface area contributed by atoms with Gasteiger partial charge in [0.05, 0.1) is 6.61 Å². The third-order valence-electron chi connectivity index (χ3n) is 3.28. The first-order valence-electron chi connectivity index (χ1n) is 6.17. The third kappa shape index (κ3) is 2.96. The van der Waals surface area contributed by atoms with Crippen LogP contribution >= 0.6 is 0 Å². The largest absolute Gasteiger partial charge is 0.396 e. The van der Waals surface area contributed by atoms with E-state index >= 15 is 0 Å². The van der Waals surface area contributed by atoms with Crippen LogP contribution in [0.5, 0.6) is 0 Å². The van der Waals surface area contributed by atoms with Crippen LogP contribution in [-0.2, 0) is 6.61 Å². The Balaban J connectivity index is 2.18. The summed E-state index contributed by atoms with van der Waals surface area (Å²) in [4.78, 5) is 6.71. The lowest BCUT2D eigenvalue weighted by molar-refractivity contribution is 0.208. The van der Waals surface area contributed by atoms with Crippen LogP contribution in [-0.4, -0.2) is 34.9 Å². The quantitative estimate of drug-likeness (QED) is 0.825. The van der Waals surface area contributed by atoms with E-state index in [0.717, 1.165) is 43.0 Å². The van der Waals surface area contributed by atoms with E-state index in [2.05, 4.69) is 9.88 Å². The zero-order chi connectivity index (χ0) is 12.3. The topological polar surface area (TPSA) is 56.6 Å². The van der Waals surface area contributed by atoms with Gasteiger partial charge in [-0.1, -0.05) is 0 Å². The highest BCUT2D eigenvalue weighted by Gasteiger charge is 2.20. The van der Waals surface area contributed by atoms with Gasteiger partial charge in [-0.25, -0.2) is 4.98 Å². The van der Waals surface area contributed by atoms with E-state index in [-0.39, 0.29) is 13.2 Å². The molecule has 1 atom stereocenters. The summed E-state index contributed by atoms with van der Waals surface area (Å²) >= 11 is 0. The van der Waals surface area contributed by atoms with Crippen molar-refractivity contribution in [3.8, 4) is 0 Å². The molecule has 0 spiro atoms. The van der Waals surface area contributed by atoms with Crippen LogP contribution in [0, 0.1) is 12.8 Å². The van der Waals surface area contributed by atoms with Crippen LogP contribution < -0.4 is 4.90 Å². The summed E-state index contributed by atoms with van der Waals surface area (Å²) < 4.78 is 0. The average Bonchev–Trinajstić information content (AvgIpc) is 2.38. The summed E-state index contributed by atoms with van der Waals surface area (Å²) in [6, 6.07) is 3.84. The van der Waals surface area contributed by atoms with Gasteiger partial charge in [0.15, 0.2) is 0 Å². The zero-order valence-corrected chi connectivity index (χ0v) is 10.3. The predicted octanol–water partition coefficient (Wildman–Crippen LogP) is 1.09. The minimum atomic E-state index is 0.0492. The van der Waals surface area contributed by atoms with Gasteiger partial charge in [-0.2, -0.15) is 0 Å². The fourth-order valence-electron chi connectivity index (χ4n) is 2.40. The lowest BCUT2D eigenvalue weighted by atomic mass is 9.99. The Morgan fingerprint density at radius 3 is 2.94 bits per heavy atom. The van der Waals surface area contributed by atoms with E-state index in [1.165, 1.54) is 0 Å². The van der Waals surface area contributed by atoms with Gasteiger partial charge in [0.25, 0.3) is 0 Å². The van der Waals surface area contributed by atoms with Crippen LogP contribution in [0.4, 0.5) is 5.82 Å². The molecule has 2 N–H and O–H groups in total. The van der Waals surface area contributed by atoms with Crippen molar-refractivity contribution in [2.75, 3.05) is 24.6 Å². The number of aliphatic hydroxyl groups excluding tert-OH is 2. The Labute approximate surface area is 102 Å². The highest BCUT2D eigenvalue weighted by Crippen LogP contribution is 2.22. The zero-order valence-electron chi connectivity index (χ0n) is 10.3. The van der Waals surface area contributed by atoms with E-state index in [1.54, 1.807) is 0 Å². The molecule has 1 saturated heterocycles. The first kappa shape index (κ1) is 12.3. The molecule has 1 aromatic rings. The second-order valence-electron chi connectivity index (χ2n) is 4.77. The van der Waals surface area contributed by atoms with Gasteiger partial charge >= 0.3 is 0 Å². The van der Waals surface area contributed by atoms with E-state index < -0.39 is 0 Å². The fourth-order valence-corrected chi connectivity index (χ4v) is 2.40. The van der Waals surface area contributed by atoms with Crippen molar-refractivity contribution in [1.29, 1.82) is 0 Å². The molecule has 1 aromatic heterocycles. The van der Waals surface area contributed by atoms with E-state index in [0.29, 0.717) is 5.92 Å². The van der Waals surface area contributed by atoms with Crippen LogP contribution in [0.2, 0.25) is 0 Å². The molecule has 1 fully saturated rings. The summed E-state index contributed by atoms with van der Waals surface area (Å²) in [5.74, 6) is 1.27. The summed E-state index contributed by atoms with van der Waals surface area (Å²) in [6.45, 7) is 4.08. The maximum Gasteiger partial charge on any atom is 0.129 e. The van der Waals surface area contributed by atoms with Gasteiger partial charge in [0.1, 0.15) is 5.82 Å². The van der Waals surface area contributed by atoms with E-state index in [1.807, 2.05) is 19.1 Å². The van der Waals surface area contributed by atoms with Gasteiger partial charge in [0, 0.05) is 25.4 Å². The number of hydrogen-bond acceptors (Lipinski definition) is 4. The van der Waals surface area contributed by atoms with Crippen LogP contribution in [0.3, 0.4) is 0 Å². The molecule has 2 heterocycles. The Kier molecular flexibility index (Phi) is 3.97. The molecule has 94 valence electrons. The Morgan fingerprint density at radius 2 is 2.24 bits per heavy atom. The molecule has 0 radical (unpaired) electrons. The van der Waals surface area contributed by atoms with Gasteiger partial charge in [-0.15, -0.1) is 0 Å². The molecular formula is C13H20N2O2. The summed E-state index contributed by atoms with van der Waals surface area (Å²) in [7, 11) is 0. The predicted molar refractivity (Wildman–Crippen MR) is 66.9 cm³/mol. The molecule has 17 heavy (non-hydrogen) atoms. The maximum absolute atomic E-state index is 9.22. The normalized spacial score (nSPS) is 20.6. The van der Waals surface area contributed by atoms with Crippen molar-refractivity contribution in [1.82, 2.24) is 4.98 Å². The Morgan fingerprint density at radius 1 is 1.41 bits per heavy atom. The first-order valence-corrected chi connectivity index (χ1v) is 6.17. The van der Waals surface area contributed by atoms with Gasteiger partial charge < -0.3 is 15.1 Å². The van der Waals surface area contributed by atoms with Gasteiger partial charge in [-0.05, 0) is 43.4 Å². The molecule has 4 nitrogen and oxygen atoms in total. The van der Waals surface area contributed by atoms with Crippen LogP contribution in [0.25, 0.3) is 0 Å². The minimum absolute atomic E-state index is 0.0492. The number of aliphatic hydroxyl groups is 2. The van der Waals surface area contributed by atoms with Crippen molar-refractivity contribution in [3.05, 3.63) is 23.4 Å². The molecule has 1 aliphatic rings. The molecule has 0 aliphatic carbocycles. The molecule has 0 aromatic carbocycles. The molecule has 1 unspecified atom stereocenters. The highest BCUT2D eigenvalue weighted by molar-refractivity contribution is 5.43. The lowest BCUT2D eigenvalue weighted by Crippen LogP contribution is -2.37. The number of anilines is 1. The molecule has 0 saturated carbocycles. The second kappa shape index (κ2) is 5.47. The smallest absolute Gasteiger partial charge is 0.129 e. The Bertz CT molecular complexity index is 382. The first-order chi connectivity index (χ1) is 8.22. The molecule has 0 bridgehead atoms. The van der Waals surface area contributed by atoms with Crippen LogP contribution in [0.1, 0.15) is 24.1 Å². The van der Waals surface area contributed by atoms with Crippen molar-refractivity contribution in [2.24, 2.45) is 5.92 Å². The SMILES string of the molecule is Cc1cc(CO)cc(N2CCCC(CO)C2)n1. The fraction of sp³-hybridized carbons (Fsp3) is 0.615. The molecule has 0 amide bonds. The number of nitrogens with zero attached hydrogens (tertiary/aromatic N) is 2. The third-order valence-corrected chi connectivity index (χ3v) is 3.28. The molecular weight excluding hydrogens is 216 g/mol. The second-order valence-corrected chi connectivity index (χ2v) is 4.77. The summed E-state index contributed by atoms with van der Waals surface area (Å²) in [6.07, 6.45) is 2.18. The molecule has 4 heteroatoms. The van der Waals surface area contributed by atoms with Gasteiger partial charge in [-0.3, -0.25) is 0 Å². The number of aromatic nitrogens is 1. The number of aryl methyl sites for hydroxylation is 1. The summed E-state index contributed by atoms with van der Waals surface area (Å²) in [5.41, 5.74) is 1.83. The summed E-state index contributed by atoms with van der Waals surface area (Å²) in [5, 5.41) is 18.4. The monoisotopic (exact) mass is 236 g/mol. The number of piperidine rings is 1. The number of rotatable bonds is 3. The van der Waals surface area contributed by atoms with Crippen LogP contribution in [0.15, 0.2) is 12.1 Å². The van der Waals surface area contributed by atoms with Gasteiger partial charge in [0.2, 0.25) is 0 Å². The lowest BCUT2D eigenvalue weighted by Gasteiger charge is -2.33. The standard InChI is InChI=1S/C13H20N2O2/c1-10-5-12(9-17)6-13(14-10)15-4-2-3-11(7-15)8-16/h5-6,11,16-17H,2-4,7-9H2,1H3. The Hall–Kier alpha value is -1.13. The number of pyridine rings is 1. The van der Waals surface area contributed by atoms with Crippen molar-refractivity contribution >= 4 is 5.82 Å².